The lowest BCUT2D eigenvalue weighted by Gasteiger charge is -2.12. The fourth-order valence-electron chi connectivity index (χ4n) is 2.27. The van der Waals surface area contributed by atoms with E-state index in [4.69, 9.17) is 0 Å². The zero-order valence-electron chi connectivity index (χ0n) is 10.7. The second-order valence-corrected chi connectivity index (χ2v) is 6.15. The van der Waals surface area contributed by atoms with Gasteiger partial charge in [-0.15, -0.1) is 11.3 Å². The van der Waals surface area contributed by atoms with Crippen LogP contribution in [0.1, 0.15) is 38.1 Å². The third kappa shape index (κ3) is 2.59. The molecule has 2 aromatic rings. The first-order chi connectivity index (χ1) is 7.97. The first-order valence-electron chi connectivity index (χ1n) is 5.80. The number of hydrogen-bond donors (Lipinski definition) is 1. The van der Waals surface area contributed by atoms with E-state index in [2.05, 4.69) is 52.0 Å². The molecule has 1 aromatic heterocycles. The van der Waals surface area contributed by atoms with Crippen molar-refractivity contribution in [1.29, 1.82) is 0 Å². The van der Waals surface area contributed by atoms with Crippen molar-refractivity contribution in [3.8, 4) is 0 Å². The highest BCUT2D eigenvalue weighted by atomic mass is 32.1. The van der Waals surface area contributed by atoms with Gasteiger partial charge in [-0.05, 0) is 44.9 Å². The monoisotopic (exact) mass is 246 g/mol. The van der Waals surface area contributed by atoms with Gasteiger partial charge in [-0.2, -0.15) is 0 Å². The zero-order chi connectivity index (χ0) is 12.6. The average Bonchev–Trinajstić information content (AvgIpc) is 2.55. The van der Waals surface area contributed by atoms with Crippen LogP contribution in [0.4, 0.5) is 0 Å². The third-order valence-corrected chi connectivity index (χ3v) is 3.92. The molecule has 0 aliphatic carbocycles. The molecule has 1 heterocycles. The van der Waals surface area contributed by atoms with Gasteiger partial charge in [-0.1, -0.05) is 29.3 Å². The molecule has 0 fully saturated rings. The maximum absolute atomic E-state index is 10.4. The van der Waals surface area contributed by atoms with Crippen LogP contribution in [-0.4, -0.2) is 5.11 Å². The molecule has 0 radical (unpaired) electrons. The molecular weight excluding hydrogens is 228 g/mol. The molecule has 17 heavy (non-hydrogen) atoms. The predicted molar refractivity (Wildman–Crippen MR) is 73.8 cm³/mol. The zero-order valence-corrected chi connectivity index (χ0v) is 11.6. The topological polar surface area (TPSA) is 20.2 Å². The summed E-state index contributed by atoms with van der Waals surface area (Å²) in [6.07, 6.45) is -0.501. The van der Waals surface area contributed by atoms with E-state index in [1.165, 1.54) is 20.9 Å². The summed E-state index contributed by atoms with van der Waals surface area (Å²) in [5.41, 5.74) is 4.42. The summed E-state index contributed by atoms with van der Waals surface area (Å²) in [6.45, 7) is 8.28. The highest BCUT2D eigenvalue weighted by molar-refractivity contribution is 7.12. The first-order valence-corrected chi connectivity index (χ1v) is 6.62. The Kier molecular flexibility index (Phi) is 3.36. The van der Waals surface area contributed by atoms with Gasteiger partial charge < -0.3 is 5.11 Å². The standard InChI is InChI=1S/C15H18OS/c1-9-5-10(2)7-13(6-9)15(16)14-8-11(3)17-12(14)4/h5-8,15-16H,1-4H3. The van der Waals surface area contributed by atoms with Crippen molar-refractivity contribution in [2.24, 2.45) is 0 Å². The molecule has 0 saturated heterocycles. The lowest BCUT2D eigenvalue weighted by atomic mass is 9.98. The van der Waals surface area contributed by atoms with Crippen LogP contribution in [0.2, 0.25) is 0 Å². The maximum Gasteiger partial charge on any atom is 0.105 e. The molecule has 1 atom stereocenters. The Balaban J connectivity index is 2.43. The molecule has 90 valence electrons. The van der Waals surface area contributed by atoms with Gasteiger partial charge in [0.25, 0.3) is 0 Å². The number of aliphatic hydroxyl groups is 1. The Bertz CT molecular complexity index is 520. The summed E-state index contributed by atoms with van der Waals surface area (Å²) in [5, 5.41) is 10.4. The van der Waals surface area contributed by atoms with Gasteiger partial charge in [0.1, 0.15) is 6.10 Å². The van der Waals surface area contributed by atoms with Gasteiger partial charge in [0.2, 0.25) is 0 Å². The number of hydrogen-bond acceptors (Lipinski definition) is 2. The Hall–Kier alpha value is -1.12. The summed E-state index contributed by atoms with van der Waals surface area (Å²) in [4.78, 5) is 2.45. The highest BCUT2D eigenvalue weighted by Crippen LogP contribution is 2.31. The Morgan fingerprint density at radius 1 is 0.941 bits per heavy atom. The van der Waals surface area contributed by atoms with Gasteiger partial charge >= 0.3 is 0 Å². The van der Waals surface area contributed by atoms with Crippen molar-refractivity contribution in [2.75, 3.05) is 0 Å². The minimum absolute atomic E-state index is 0.501. The number of thiophene rings is 1. The molecule has 0 bridgehead atoms. The van der Waals surface area contributed by atoms with E-state index in [9.17, 15) is 5.11 Å². The van der Waals surface area contributed by atoms with E-state index in [0.717, 1.165) is 11.1 Å². The van der Waals surface area contributed by atoms with Gasteiger partial charge in [0, 0.05) is 9.75 Å². The van der Waals surface area contributed by atoms with Gasteiger partial charge in [0.15, 0.2) is 0 Å². The maximum atomic E-state index is 10.4. The molecule has 2 rings (SSSR count). The van der Waals surface area contributed by atoms with E-state index in [1.807, 2.05) is 0 Å². The van der Waals surface area contributed by atoms with E-state index in [-0.39, 0.29) is 0 Å². The van der Waals surface area contributed by atoms with Gasteiger partial charge in [-0.3, -0.25) is 0 Å². The number of rotatable bonds is 2. The highest BCUT2D eigenvalue weighted by Gasteiger charge is 2.15. The lowest BCUT2D eigenvalue weighted by molar-refractivity contribution is 0.220. The number of benzene rings is 1. The van der Waals surface area contributed by atoms with E-state index >= 15 is 0 Å². The normalized spacial score (nSPS) is 12.8. The van der Waals surface area contributed by atoms with E-state index in [1.54, 1.807) is 11.3 Å². The minimum Gasteiger partial charge on any atom is -0.384 e. The Labute approximate surface area is 107 Å². The van der Waals surface area contributed by atoms with Crippen LogP contribution < -0.4 is 0 Å². The van der Waals surface area contributed by atoms with Gasteiger partial charge in [0.05, 0.1) is 0 Å². The molecule has 0 aliphatic rings. The van der Waals surface area contributed by atoms with Crippen molar-refractivity contribution in [2.45, 2.75) is 33.8 Å². The molecule has 1 N–H and O–H groups in total. The lowest BCUT2D eigenvalue weighted by Crippen LogP contribution is -2.00. The predicted octanol–water partition coefficient (Wildman–Crippen LogP) is 4.06. The van der Waals surface area contributed by atoms with Gasteiger partial charge in [-0.25, -0.2) is 0 Å². The average molecular weight is 246 g/mol. The molecule has 2 heteroatoms. The van der Waals surface area contributed by atoms with Crippen LogP contribution in [-0.2, 0) is 0 Å². The second kappa shape index (κ2) is 4.63. The molecular formula is C15H18OS. The van der Waals surface area contributed by atoms with Crippen LogP contribution in [0.15, 0.2) is 24.3 Å². The summed E-state index contributed by atoms with van der Waals surface area (Å²) >= 11 is 1.74. The van der Waals surface area contributed by atoms with Crippen molar-refractivity contribution in [3.05, 3.63) is 56.3 Å². The summed E-state index contributed by atoms with van der Waals surface area (Å²) < 4.78 is 0. The number of aryl methyl sites for hydroxylation is 4. The molecule has 1 nitrogen and oxygen atoms in total. The van der Waals surface area contributed by atoms with Crippen LogP contribution in [0.3, 0.4) is 0 Å². The molecule has 1 unspecified atom stereocenters. The molecule has 0 spiro atoms. The first kappa shape index (κ1) is 12.3. The van der Waals surface area contributed by atoms with E-state index in [0.29, 0.717) is 0 Å². The van der Waals surface area contributed by atoms with Crippen LogP contribution in [0, 0.1) is 27.7 Å². The third-order valence-electron chi connectivity index (χ3n) is 2.93. The Morgan fingerprint density at radius 2 is 1.53 bits per heavy atom. The van der Waals surface area contributed by atoms with Crippen LogP contribution in [0.25, 0.3) is 0 Å². The fourth-order valence-corrected chi connectivity index (χ4v) is 3.23. The van der Waals surface area contributed by atoms with Crippen LogP contribution in [0.5, 0.6) is 0 Å². The minimum atomic E-state index is -0.501. The smallest absolute Gasteiger partial charge is 0.105 e. The molecule has 0 aliphatic heterocycles. The second-order valence-electron chi connectivity index (χ2n) is 4.69. The van der Waals surface area contributed by atoms with Crippen molar-refractivity contribution >= 4 is 11.3 Å². The summed E-state index contributed by atoms with van der Waals surface area (Å²) in [6, 6.07) is 8.33. The largest absolute Gasteiger partial charge is 0.384 e. The van der Waals surface area contributed by atoms with Crippen molar-refractivity contribution < 1.29 is 5.11 Å². The molecule has 0 amide bonds. The Morgan fingerprint density at radius 3 is 2.00 bits per heavy atom. The quantitative estimate of drug-likeness (QED) is 0.847. The van der Waals surface area contributed by atoms with E-state index < -0.39 is 6.10 Å². The number of aliphatic hydroxyl groups excluding tert-OH is 1. The summed E-state index contributed by atoms with van der Waals surface area (Å²) in [7, 11) is 0. The van der Waals surface area contributed by atoms with Crippen molar-refractivity contribution in [1.82, 2.24) is 0 Å². The van der Waals surface area contributed by atoms with Crippen LogP contribution >= 0.6 is 11.3 Å². The molecule has 0 saturated carbocycles. The fraction of sp³-hybridized carbons (Fsp3) is 0.333. The summed E-state index contributed by atoms with van der Waals surface area (Å²) in [5.74, 6) is 0. The van der Waals surface area contributed by atoms with Crippen molar-refractivity contribution in [3.63, 3.8) is 0 Å². The SMILES string of the molecule is Cc1cc(C)cc(C(O)c2cc(C)sc2C)c1. The molecule has 1 aromatic carbocycles.